The van der Waals surface area contributed by atoms with E-state index in [2.05, 4.69) is 22.4 Å². The van der Waals surface area contributed by atoms with E-state index < -0.39 is 0 Å². The van der Waals surface area contributed by atoms with Crippen molar-refractivity contribution in [3.63, 3.8) is 0 Å². The number of rotatable bonds is 9. The molecule has 0 saturated carbocycles. The van der Waals surface area contributed by atoms with E-state index in [0.717, 1.165) is 24.0 Å². The molecule has 6 heteroatoms. The first-order valence-electron chi connectivity index (χ1n) is 9.08. The van der Waals surface area contributed by atoms with E-state index in [4.69, 9.17) is 4.42 Å². The van der Waals surface area contributed by atoms with E-state index in [0.29, 0.717) is 17.5 Å². The molecule has 1 amide bonds. The van der Waals surface area contributed by atoms with Crippen molar-refractivity contribution in [3.05, 3.63) is 77.7 Å². The number of carbonyl (C=O) groups excluding carboxylic acids is 1. The minimum atomic E-state index is -0.0369. The molecule has 0 bridgehead atoms. The van der Waals surface area contributed by atoms with Gasteiger partial charge in [-0.25, -0.2) is 0 Å². The number of thioether (sulfide) groups is 1. The summed E-state index contributed by atoms with van der Waals surface area (Å²) in [5.41, 5.74) is 2.24. The number of benzene rings is 2. The van der Waals surface area contributed by atoms with Gasteiger partial charge in [0.05, 0.1) is 18.2 Å². The molecule has 0 aliphatic carbocycles. The van der Waals surface area contributed by atoms with Crippen molar-refractivity contribution in [1.29, 1.82) is 0 Å². The molecule has 1 atom stereocenters. The van der Waals surface area contributed by atoms with Crippen LogP contribution in [-0.4, -0.2) is 21.9 Å². The van der Waals surface area contributed by atoms with Crippen LogP contribution in [-0.2, 0) is 11.2 Å². The second-order valence-corrected chi connectivity index (χ2v) is 7.16. The average molecular weight is 382 g/mol. The van der Waals surface area contributed by atoms with Crippen LogP contribution in [0.5, 0.6) is 0 Å². The van der Waals surface area contributed by atoms with Gasteiger partial charge in [-0.1, -0.05) is 85.8 Å². The molecule has 0 spiro atoms. The summed E-state index contributed by atoms with van der Waals surface area (Å²) in [6.07, 6.45) is 2.49. The summed E-state index contributed by atoms with van der Waals surface area (Å²) in [6, 6.07) is 20.0. The maximum atomic E-state index is 12.4. The van der Waals surface area contributed by atoms with Crippen molar-refractivity contribution in [2.75, 3.05) is 5.75 Å². The Morgan fingerprint density at radius 2 is 1.78 bits per heavy atom. The van der Waals surface area contributed by atoms with Gasteiger partial charge >= 0.3 is 0 Å². The van der Waals surface area contributed by atoms with E-state index in [9.17, 15) is 4.79 Å². The van der Waals surface area contributed by atoms with Gasteiger partial charge in [0.2, 0.25) is 11.8 Å². The fraction of sp³-hybridized carbons (Fsp3) is 0.286. The Balaban J connectivity index is 1.51. The first-order chi connectivity index (χ1) is 13.2. The quantitative estimate of drug-likeness (QED) is 0.556. The molecule has 140 valence electrons. The minimum Gasteiger partial charge on any atom is -0.416 e. The van der Waals surface area contributed by atoms with Gasteiger partial charge in [0.25, 0.3) is 5.22 Å². The molecule has 3 aromatic rings. The maximum absolute atomic E-state index is 12.4. The van der Waals surface area contributed by atoms with Crippen LogP contribution in [0.25, 0.3) is 0 Å². The van der Waals surface area contributed by atoms with Gasteiger partial charge in [-0.3, -0.25) is 4.79 Å². The van der Waals surface area contributed by atoms with Crippen LogP contribution in [0, 0.1) is 0 Å². The van der Waals surface area contributed by atoms with Gasteiger partial charge in [0.1, 0.15) is 0 Å². The van der Waals surface area contributed by atoms with Gasteiger partial charge in [0.15, 0.2) is 0 Å². The van der Waals surface area contributed by atoms with E-state index in [1.165, 1.54) is 11.8 Å². The monoisotopic (exact) mass is 381 g/mol. The van der Waals surface area contributed by atoms with E-state index in [-0.39, 0.29) is 17.7 Å². The number of carbonyl (C=O) groups is 1. The van der Waals surface area contributed by atoms with E-state index in [1.807, 2.05) is 60.7 Å². The van der Waals surface area contributed by atoms with Crippen LogP contribution >= 0.6 is 11.8 Å². The second-order valence-electron chi connectivity index (χ2n) is 6.23. The summed E-state index contributed by atoms with van der Waals surface area (Å²) in [5.74, 6) is 0.766. The molecule has 0 saturated heterocycles. The van der Waals surface area contributed by atoms with Gasteiger partial charge in [0, 0.05) is 0 Å². The Bertz CT molecular complexity index is 837. The lowest BCUT2D eigenvalue weighted by molar-refractivity contribution is -0.119. The Morgan fingerprint density at radius 3 is 2.48 bits per heavy atom. The molecular weight excluding hydrogens is 358 g/mol. The molecule has 0 unspecified atom stereocenters. The SMILES string of the molecule is CCC[C@@H](NC(=O)CSc1nnc(Cc2ccccc2)o1)c1ccccc1. The number of hydrogen-bond donors (Lipinski definition) is 1. The third-order valence-electron chi connectivity index (χ3n) is 4.09. The smallest absolute Gasteiger partial charge is 0.277 e. The predicted molar refractivity (Wildman–Crippen MR) is 107 cm³/mol. The highest BCUT2D eigenvalue weighted by Gasteiger charge is 2.15. The molecule has 2 aromatic carbocycles. The predicted octanol–water partition coefficient (Wildman–Crippen LogP) is 4.41. The fourth-order valence-electron chi connectivity index (χ4n) is 2.80. The number of hydrogen-bond acceptors (Lipinski definition) is 5. The first-order valence-corrected chi connectivity index (χ1v) is 10.1. The largest absolute Gasteiger partial charge is 0.416 e. The lowest BCUT2D eigenvalue weighted by Gasteiger charge is -2.18. The molecule has 5 nitrogen and oxygen atoms in total. The Labute approximate surface area is 163 Å². The lowest BCUT2D eigenvalue weighted by atomic mass is 10.0. The molecule has 27 heavy (non-hydrogen) atoms. The van der Waals surface area contributed by atoms with Crippen molar-refractivity contribution >= 4 is 17.7 Å². The van der Waals surface area contributed by atoms with Crippen molar-refractivity contribution in [2.24, 2.45) is 0 Å². The third kappa shape index (κ3) is 5.96. The third-order valence-corrected chi connectivity index (χ3v) is 4.91. The summed E-state index contributed by atoms with van der Waals surface area (Å²) in [5, 5.41) is 11.6. The van der Waals surface area contributed by atoms with Gasteiger partial charge in [-0.05, 0) is 17.5 Å². The van der Waals surface area contributed by atoms with Gasteiger partial charge < -0.3 is 9.73 Å². The summed E-state index contributed by atoms with van der Waals surface area (Å²) < 4.78 is 5.64. The summed E-state index contributed by atoms with van der Waals surface area (Å²) in [6.45, 7) is 2.11. The number of nitrogens with zero attached hydrogens (tertiary/aromatic N) is 2. The highest BCUT2D eigenvalue weighted by Crippen LogP contribution is 2.20. The van der Waals surface area contributed by atoms with Crippen molar-refractivity contribution in [3.8, 4) is 0 Å². The molecule has 1 heterocycles. The number of nitrogens with one attached hydrogen (secondary N) is 1. The Hall–Kier alpha value is -2.60. The molecular formula is C21H23N3O2S. The summed E-state index contributed by atoms with van der Waals surface area (Å²) in [7, 11) is 0. The van der Waals surface area contributed by atoms with E-state index in [1.54, 1.807) is 0 Å². The van der Waals surface area contributed by atoms with Crippen LogP contribution in [0.3, 0.4) is 0 Å². The van der Waals surface area contributed by atoms with Crippen LogP contribution in [0.4, 0.5) is 0 Å². The molecule has 0 aliphatic heterocycles. The van der Waals surface area contributed by atoms with Crippen molar-refractivity contribution < 1.29 is 9.21 Å². The zero-order valence-corrected chi connectivity index (χ0v) is 16.1. The van der Waals surface area contributed by atoms with Crippen LogP contribution < -0.4 is 5.32 Å². The van der Waals surface area contributed by atoms with Crippen LogP contribution in [0.1, 0.15) is 42.8 Å². The first kappa shape index (κ1) is 19.2. The van der Waals surface area contributed by atoms with E-state index >= 15 is 0 Å². The summed E-state index contributed by atoms with van der Waals surface area (Å²) >= 11 is 1.26. The Morgan fingerprint density at radius 1 is 1.07 bits per heavy atom. The fourth-order valence-corrected chi connectivity index (χ4v) is 3.39. The van der Waals surface area contributed by atoms with Crippen molar-refractivity contribution in [2.45, 2.75) is 37.5 Å². The van der Waals surface area contributed by atoms with Crippen molar-refractivity contribution in [1.82, 2.24) is 15.5 Å². The molecule has 0 radical (unpaired) electrons. The average Bonchev–Trinajstić information content (AvgIpc) is 3.15. The number of aromatic nitrogens is 2. The Kier molecular flexibility index (Phi) is 7.04. The normalized spacial score (nSPS) is 11.9. The molecule has 0 fully saturated rings. The second kappa shape index (κ2) is 9.92. The molecule has 3 rings (SSSR count). The van der Waals surface area contributed by atoms with Gasteiger partial charge in [-0.2, -0.15) is 0 Å². The standard InChI is InChI=1S/C21H23N3O2S/c1-2-9-18(17-12-7-4-8-13-17)22-19(25)15-27-21-24-23-20(26-21)14-16-10-5-3-6-11-16/h3-8,10-13,18H,2,9,14-15H2,1H3,(H,22,25)/t18-/m1/s1. The highest BCUT2D eigenvalue weighted by molar-refractivity contribution is 7.99. The summed E-state index contributed by atoms with van der Waals surface area (Å²) in [4.78, 5) is 12.4. The zero-order valence-electron chi connectivity index (χ0n) is 15.3. The van der Waals surface area contributed by atoms with Crippen LogP contribution in [0.15, 0.2) is 70.3 Å². The zero-order chi connectivity index (χ0) is 18.9. The lowest BCUT2D eigenvalue weighted by Crippen LogP contribution is -2.29. The van der Waals surface area contributed by atoms with Crippen LogP contribution in [0.2, 0.25) is 0 Å². The topological polar surface area (TPSA) is 68.0 Å². The molecule has 1 N–H and O–H groups in total. The molecule has 1 aromatic heterocycles. The highest BCUT2D eigenvalue weighted by atomic mass is 32.2. The molecule has 0 aliphatic rings. The van der Waals surface area contributed by atoms with Gasteiger partial charge in [-0.15, -0.1) is 10.2 Å². The number of amides is 1. The maximum Gasteiger partial charge on any atom is 0.277 e. The minimum absolute atomic E-state index is 0.0284.